The number of sulfonamides is 1. The summed E-state index contributed by atoms with van der Waals surface area (Å²) in [4.78, 5) is 37.8. The second-order valence-corrected chi connectivity index (χ2v) is 12.5. The lowest BCUT2D eigenvalue weighted by Gasteiger charge is -2.12. The highest BCUT2D eigenvalue weighted by Gasteiger charge is 2.42. The summed E-state index contributed by atoms with van der Waals surface area (Å²) in [6, 6.07) is 15.4. The maximum absolute atomic E-state index is 14.8. The van der Waals surface area contributed by atoms with Crippen molar-refractivity contribution in [3.05, 3.63) is 101 Å². The number of anilines is 3. The molecule has 0 unspecified atom stereocenters. The van der Waals surface area contributed by atoms with Gasteiger partial charge in [-0.2, -0.15) is 13.2 Å². The number of aromatic nitrogens is 3. The van der Waals surface area contributed by atoms with Crippen LogP contribution in [0.5, 0.6) is 5.75 Å². The predicted octanol–water partition coefficient (Wildman–Crippen LogP) is 5.84. The van der Waals surface area contributed by atoms with Crippen LogP contribution in [0, 0.1) is 11.6 Å². The van der Waals surface area contributed by atoms with E-state index in [9.17, 15) is 40.0 Å². The van der Waals surface area contributed by atoms with Gasteiger partial charge in [0.1, 0.15) is 5.82 Å². The minimum absolute atomic E-state index is 0.0984. The number of nitrogens with one attached hydrogen (secondary N) is 2. The van der Waals surface area contributed by atoms with Crippen LogP contribution in [0.1, 0.15) is 15.9 Å². The Hall–Kier alpha value is -5.33. The summed E-state index contributed by atoms with van der Waals surface area (Å²) in [7, 11) is -3.63. The number of halogens is 5. The summed E-state index contributed by atoms with van der Waals surface area (Å²) in [5, 5.41) is 10.5. The number of esters is 1. The van der Waals surface area contributed by atoms with Crippen LogP contribution in [0.25, 0.3) is 21.8 Å². The number of nitrogens with zero attached hydrogens (tertiary/aromatic N) is 3. The van der Waals surface area contributed by atoms with Gasteiger partial charge in [-0.1, -0.05) is 24.3 Å². The lowest BCUT2D eigenvalue weighted by atomic mass is 10.1. The topological polar surface area (TPSA) is 166 Å². The van der Waals surface area contributed by atoms with Crippen molar-refractivity contribution in [2.24, 2.45) is 5.14 Å². The fourth-order valence-electron chi connectivity index (χ4n) is 4.28. The summed E-state index contributed by atoms with van der Waals surface area (Å²) >= 11 is 1.25. The number of primary sulfonamides is 1. The average Bonchev–Trinajstić information content (AvgIpc) is 3.52. The monoisotopic (exact) mass is 704 g/mol. The Morgan fingerprint density at radius 3 is 2.46 bits per heavy atom. The standard InChI is InChI=1S/C30H21F5N6O5S2/c31-18-13-21(24(32)23(14-18)46-28(43)30(33,34)35)27(42)39-20-6-2-4-17(12-20)25-26(47-15-38-25)22-7-9-37-29(41-22)40-19-5-1-3-16(11-19)8-10-48(36,44)45/h1-7,9,11-15H,8,10H2,(H,39,42)(H2,36,44,45)(H,37,40,41). The maximum Gasteiger partial charge on any atom is 0.491 e. The van der Waals surface area contributed by atoms with E-state index in [0.29, 0.717) is 33.6 Å². The molecule has 248 valence electrons. The molecule has 0 bridgehead atoms. The summed E-state index contributed by atoms with van der Waals surface area (Å²) in [6.07, 6.45) is -3.75. The number of aryl methyl sites for hydroxylation is 1. The Balaban J connectivity index is 1.35. The minimum atomic E-state index is -5.48. The molecule has 0 aliphatic carbocycles. The normalized spacial score (nSPS) is 11.6. The van der Waals surface area contributed by atoms with Crippen molar-refractivity contribution in [2.45, 2.75) is 12.6 Å². The molecule has 5 aromatic rings. The Morgan fingerprint density at radius 2 is 1.71 bits per heavy atom. The number of amides is 1. The molecule has 2 aromatic heterocycles. The molecular formula is C30H21F5N6O5S2. The van der Waals surface area contributed by atoms with Gasteiger partial charge in [-0.05, 0) is 48.4 Å². The van der Waals surface area contributed by atoms with Crippen molar-refractivity contribution in [3.63, 3.8) is 0 Å². The summed E-state index contributed by atoms with van der Waals surface area (Å²) in [5.41, 5.74) is 3.40. The number of rotatable bonds is 10. The summed E-state index contributed by atoms with van der Waals surface area (Å²) < 4.78 is 93.2. The van der Waals surface area contributed by atoms with Crippen molar-refractivity contribution in [1.29, 1.82) is 0 Å². The second-order valence-electron chi connectivity index (χ2n) is 9.93. The van der Waals surface area contributed by atoms with Crippen molar-refractivity contribution >= 4 is 50.6 Å². The molecule has 0 radical (unpaired) electrons. The van der Waals surface area contributed by atoms with Gasteiger partial charge in [-0.3, -0.25) is 4.79 Å². The van der Waals surface area contributed by atoms with Crippen molar-refractivity contribution < 1.29 is 44.7 Å². The van der Waals surface area contributed by atoms with Gasteiger partial charge < -0.3 is 15.4 Å². The smallest absolute Gasteiger partial charge is 0.417 e. The third-order valence-electron chi connectivity index (χ3n) is 6.39. The fraction of sp³-hybridized carbons (Fsp3) is 0.100. The second kappa shape index (κ2) is 13.8. The van der Waals surface area contributed by atoms with E-state index in [1.165, 1.54) is 29.7 Å². The number of nitrogens with two attached hydrogens (primary N) is 1. The first-order chi connectivity index (χ1) is 22.7. The number of thiazole rings is 1. The van der Waals surface area contributed by atoms with Crippen LogP contribution in [0.4, 0.5) is 39.3 Å². The Kier molecular flexibility index (Phi) is 9.78. The molecule has 11 nitrogen and oxygen atoms in total. The molecule has 0 spiro atoms. The van der Waals surface area contributed by atoms with Gasteiger partial charge in [0.15, 0.2) is 11.6 Å². The summed E-state index contributed by atoms with van der Waals surface area (Å²) in [6.45, 7) is 0. The van der Waals surface area contributed by atoms with Crippen LogP contribution >= 0.6 is 11.3 Å². The molecule has 2 heterocycles. The third-order valence-corrected chi connectivity index (χ3v) is 8.01. The lowest BCUT2D eigenvalue weighted by Crippen LogP contribution is -2.28. The van der Waals surface area contributed by atoms with E-state index >= 15 is 0 Å². The van der Waals surface area contributed by atoms with Crippen LogP contribution < -0.4 is 20.5 Å². The van der Waals surface area contributed by atoms with Crippen molar-refractivity contribution in [3.8, 4) is 27.6 Å². The fourth-order valence-corrected chi connectivity index (χ4v) is 5.58. The van der Waals surface area contributed by atoms with Gasteiger partial charge >= 0.3 is 12.1 Å². The van der Waals surface area contributed by atoms with E-state index in [2.05, 4.69) is 30.3 Å². The number of hydrogen-bond donors (Lipinski definition) is 3. The van der Waals surface area contributed by atoms with Gasteiger partial charge in [0.05, 0.1) is 33.1 Å². The number of hydrogen-bond acceptors (Lipinski definition) is 10. The van der Waals surface area contributed by atoms with E-state index < -0.39 is 51.0 Å². The Morgan fingerprint density at radius 1 is 0.958 bits per heavy atom. The van der Waals surface area contributed by atoms with E-state index in [0.717, 1.165) is 5.56 Å². The Labute approximate surface area is 272 Å². The summed E-state index contributed by atoms with van der Waals surface area (Å²) in [5.74, 6) is -8.40. The van der Waals surface area contributed by atoms with Crippen molar-refractivity contribution in [1.82, 2.24) is 15.0 Å². The number of ether oxygens (including phenoxy) is 1. The molecule has 0 saturated carbocycles. The van der Waals surface area contributed by atoms with Gasteiger partial charge in [0.25, 0.3) is 5.91 Å². The first-order valence-electron chi connectivity index (χ1n) is 13.5. The SMILES string of the molecule is NS(=O)(=O)CCc1cccc(Nc2nccc(-c3scnc3-c3cccc(NC(=O)c4cc(F)cc(OC(=O)C(F)(F)F)c4F)c3)n2)c1. The maximum atomic E-state index is 14.8. The molecule has 48 heavy (non-hydrogen) atoms. The van der Waals surface area contributed by atoms with Crippen molar-refractivity contribution in [2.75, 3.05) is 16.4 Å². The van der Waals surface area contributed by atoms with Crippen LogP contribution in [0.3, 0.4) is 0 Å². The zero-order valence-electron chi connectivity index (χ0n) is 24.1. The number of alkyl halides is 3. The highest BCUT2D eigenvalue weighted by Crippen LogP contribution is 2.35. The molecule has 0 fully saturated rings. The van der Waals surface area contributed by atoms with Gasteiger partial charge in [0, 0.05) is 29.2 Å². The highest BCUT2D eigenvalue weighted by molar-refractivity contribution is 7.89. The van der Waals surface area contributed by atoms with Crippen LogP contribution in [-0.4, -0.2) is 47.2 Å². The van der Waals surface area contributed by atoms with E-state index in [1.807, 2.05) is 0 Å². The molecular weight excluding hydrogens is 683 g/mol. The van der Waals surface area contributed by atoms with E-state index in [-0.39, 0.29) is 29.9 Å². The molecule has 5 rings (SSSR count). The molecule has 0 saturated heterocycles. The van der Waals surface area contributed by atoms with E-state index in [1.54, 1.807) is 48.0 Å². The van der Waals surface area contributed by atoms with Crippen LogP contribution in [0.2, 0.25) is 0 Å². The third kappa shape index (κ3) is 8.52. The average molecular weight is 705 g/mol. The molecule has 0 aliphatic rings. The number of carbonyl (C=O) groups is 2. The number of benzene rings is 3. The lowest BCUT2D eigenvalue weighted by molar-refractivity contribution is -0.189. The van der Waals surface area contributed by atoms with Crippen LogP contribution in [0.15, 0.2) is 78.4 Å². The minimum Gasteiger partial charge on any atom is -0.417 e. The zero-order chi connectivity index (χ0) is 34.6. The molecule has 0 atom stereocenters. The quantitative estimate of drug-likeness (QED) is 0.0920. The molecule has 18 heteroatoms. The van der Waals surface area contributed by atoms with Gasteiger partial charge in [-0.25, -0.2) is 42.1 Å². The molecule has 0 aliphatic heterocycles. The largest absolute Gasteiger partial charge is 0.491 e. The first-order valence-corrected chi connectivity index (χ1v) is 16.1. The Bertz CT molecular complexity index is 2130. The van der Waals surface area contributed by atoms with Gasteiger partial charge in [0.2, 0.25) is 16.0 Å². The molecule has 1 amide bonds. The first kappa shape index (κ1) is 34.0. The van der Waals surface area contributed by atoms with Gasteiger partial charge in [-0.15, -0.1) is 11.3 Å². The zero-order valence-corrected chi connectivity index (χ0v) is 25.7. The highest BCUT2D eigenvalue weighted by atomic mass is 32.2. The van der Waals surface area contributed by atoms with E-state index in [4.69, 9.17) is 5.14 Å². The predicted molar refractivity (Wildman–Crippen MR) is 166 cm³/mol. The molecule has 3 aromatic carbocycles. The number of carbonyl (C=O) groups excluding carboxylic acids is 2. The van der Waals surface area contributed by atoms with Crippen LogP contribution in [-0.2, 0) is 21.2 Å². The molecule has 4 N–H and O–H groups in total.